The molecule has 0 radical (unpaired) electrons. The summed E-state index contributed by atoms with van der Waals surface area (Å²) in [5.74, 6) is 0.761. The first-order chi connectivity index (χ1) is 12.0. The third kappa shape index (κ3) is 4.94. The van der Waals surface area contributed by atoms with Crippen LogP contribution >= 0.6 is 11.8 Å². The van der Waals surface area contributed by atoms with E-state index in [1.54, 1.807) is 12.1 Å². The van der Waals surface area contributed by atoms with Gasteiger partial charge >= 0.3 is 0 Å². The molecule has 0 aromatic heterocycles. The molecule has 0 spiro atoms. The lowest BCUT2D eigenvalue weighted by molar-refractivity contribution is -0.384. The molecular weight excluding hydrogens is 342 g/mol. The van der Waals surface area contributed by atoms with Crippen molar-refractivity contribution in [3.63, 3.8) is 0 Å². The standard InChI is InChI=1S/C17H21N3O4S/c21-16(11-25-15-5-3-14(4-6-15)20(23)24)18-13-7-9-19(10-8-13)17(22)12-1-2-12/h3-6,12-13H,1-2,7-11H2,(H,18,21). The average Bonchev–Trinajstić information content (AvgIpc) is 3.45. The Morgan fingerprint density at radius 2 is 1.80 bits per heavy atom. The smallest absolute Gasteiger partial charge is 0.269 e. The van der Waals surface area contributed by atoms with Crippen molar-refractivity contribution in [2.75, 3.05) is 18.8 Å². The summed E-state index contributed by atoms with van der Waals surface area (Å²) in [6.45, 7) is 1.44. The second-order valence-electron chi connectivity index (χ2n) is 6.48. The molecule has 1 saturated heterocycles. The maximum Gasteiger partial charge on any atom is 0.269 e. The Morgan fingerprint density at radius 3 is 2.36 bits per heavy atom. The van der Waals surface area contributed by atoms with Gasteiger partial charge in [-0.25, -0.2) is 0 Å². The zero-order valence-corrected chi connectivity index (χ0v) is 14.7. The van der Waals surface area contributed by atoms with Crippen LogP contribution in [0.4, 0.5) is 5.69 Å². The topological polar surface area (TPSA) is 92.5 Å². The Balaban J connectivity index is 1.38. The molecule has 1 aliphatic carbocycles. The molecule has 134 valence electrons. The molecule has 0 unspecified atom stereocenters. The number of carbonyl (C=O) groups excluding carboxylic acids is 2. The quantitative estimate of drug-likeness (QED) is 0.475. The number of hydrogen-bond donors (Lipinski definition) is 1. The van der Waals surface area contributed by atoms with Gasteiger partial charge in [0.25, 0.3) is 5.69 Å². The third-order valence-corrected chi connectivity index (χ3v) is 5.53. The summed E-state index contributed by atoms with van der Waals surface area (Å²) in [6.07, 6.45) is 3.64. The van der Waals surface area contributed by atoms with E-state index < -0.39 is 4.92 Å². The zero-order valence-electron chi connectivity index (χ0n) is 13.8. The first-order valence-corrected chi connectivity index (χ1v) is 9.47. The predicted molar refractivity (Wildman–Crippen MR) is 94.3 cm³/mol. The molecule has 1 N–H and O–H groups in total. The number of nitro benzene ring substituents is 1. The zero-order chi connectivity index (χ0) is 17.8. The van der Waals surface area contributed by atoms with Gasteiger partial charge in [-0.1, -0.05) is 0 Å². The number of carbonyl (C=O) groups is 2. The minimum atomic E-state index is -0.443. The molecular formula is C17H21N3O4S. The highest BCUT2D eigenvalue weighted by Crippen LogP contribution is 2.31. The van der Waals surface area contributed by atoms with Crippen molar-refractivity contribution in [1.29, 1.82) is 0 Å². The van der Waals surface area contributed by atoms with E-state index in [1.807, 2.05) is 4.90 Å². The number of nitrogens with one attached hydrogen (secondary N) is 1. The summed E-state index contributed by atoms with van der Waals surface area (Å²) < 4.78 is 0. The summed E-state index contributed by atoms with van der Waals surface area (Å²) in [4.78, 5) is 37.0. The van der Waals surface area contributed by atoms with Crippen molar-refractivity contribution >= 4 is 29.3 Å². The second kappa shape index (κ2) is 7.86. The van der Waals surface area contributed by atoms with Crippen LogP contribution in [0.3, 0.4) is 0 Å². The molecule has 2 aliphatic rings. The van der Waals surface area contributed by atoms with Crippen LogP contribution in [0.15, 0.2) is 29.2 Å². The molecule has 2 fully saturated rings. The van der Waals surface area contributed by atoms with E-state index in [1.165, 1.54) is 23.9 Å². The maximum atomic E-state index is 12.1. The number of amides is 2. The molecule has 1 aromatic carbocycles. The highest BCUT2D eigenvalue weighted by atomic mass is 32.2. The van der Waals surface area contributed by atoms with Crippen molar-refractivity contribution in [3.05, 3.63) is 34.4 Å². The number of nitro groups is 1. The summed E-state index contributed by atoms with van der Waals surface area (Å²) >= 11 is 1.36. The van der Waals surface area contributed by atoms with Crippen molar-refractivity contribution in [2.45, 2.75) is 36.6 Å². The number of hydrogen-bond acceptors (Lipinski definition) is 5. The number of non-ortho nitro benzene ring substituents is 1. The molecule has 7 nitrogen and oxygen atoms in total. The molecule has 0 atom stereocenters. The monoisotopic (exact) mass is 363 g/mol. The Kier molecular flexibility index (Phi) is 5.57. The van der Waals surface area contributed by atoms with Crippen LogP contribution in [0.25, 0.3) is 0 Å². The lowest BCUT2D eigenvalue weighted by atomic mass is 10.0. The third-order valence-electron chi connectivity index (χ3n) is 4.52. The van der Waals surface area contributed by atoms with Crippen LogP contribution in [-0.2, 0) is 9.59 Å². The number of benzene rings is 1. The predicted octanol–water partition coefficient (Wildman–Crippen LogP) is 2.20. The molecule has 3 rings (SSSR count). The van der Waals surface area contributed by atoms with E-state index in [9.17, 15) is 19.7 Å². The Hall–Kier alpha value is -2.09. The number of nitrogens with zero attached hydrogens (tertiary/aromatic N) is 2. The van der Waals surface area contributed by atoms with E-state index in [-0.39, 0.29) is 35.2 Å². The van der Waals surface area contributed by atoms with Crippen LogP contribution in [0, 0.1) is 16.0 Å². The van der Waals surface area contributed by atoms with Crippen LogP contribution < -0.4 is 5.32 Å². The van der Waals surface area contributed by atoms with Gasteiger partial charge in [0.05, 0.1) is 10.7 Å². The van der Waals surface area contributed by atoms with Crippen LogP contribution in [0.5, 0.6) is 0 Å². The van der Waals surface area contributed by atoms with E-state index >= 15 is 0 Å². The minimum absolute atomic E-state index is 0.0429. The average molecular weight is 363 g/mol. The Morgan fingerprint density at radius 1 is 1.16 bits per heavy atom. The van der Waals surface area contributed by atoms with Gasteiger partial charge < -0.3 is 10.2 Å². The van der Waals surface area contributed by atoms with E-state index in [2.05, 4.69) is 5.32 Å². The van der Waals surface area contributed by atoms with E-state index in [0.29, 0.717) is 0 Å². The minimum Gasteiger partial charge on any atom is -0.353 e. The van der Waals surface area contributed by atoms with Gasteiger partial charge in [-0.15, -0.1) is 11.8 Å². The van der Waals surface area contributed by atoms with Crippen LogP contribution in [0.2, 0.25) is 0 Å². The number of piperidine rings is 1. The molecule has 25 heavy (non-hydrogen) atoms. The molecule has 1 aromatic rings. The first-order valence-electron chi connectivity index (χ1n) is 8.48. The van der Waals surface area contributed by atoms with Gasteiger partial charge in [-0.2, -0.15) is 0 Å². The SMILES string of the molecule is O=C(CSc1ccc([N+](=O)[O-])cc1)NC1CCN(C(=O)C2CC2)CC1. The molecule has 8 heteroatoms. The molecule has 1 saturated carbocycles. The van der Waals surface area contributed by atoms with Crippen molar-refractivity contribution in [1.82, 2.24) is 10.2 Å². The van der Waals surface area contributed by atoms with Crippen LogP contribution in [-0.4, -0.2) is 46.5 Å². The normalized spacial score (nSPS) is 18.0. The highest BCUT2D eigenvalue weighted by molar-refractivity contribution is 8.00. The van der Waals surface area contributed by atoms with Gasteiger partial charge in [0.15, 0.2) is 0 Å². The highest BCUT2D eigenvalue weighted by Gasteiger charge is 2.35. The van der Waals surface area contributed by atoms with Crippen molar-refractivity contribution in [2.24, 2.45) is 5.92 Å². The summed E-state index contributed by atoms with van der Waals surface area (Å²) in [7, 11) is 0. The van der Waals surface area contributed by atoms with Gasteiger partial charge in [0, 0.05) is 42.1 Å². The first kappa shape index (κ1) is 17.7. The van der Waals surface area contributed by atoms with Gasteiger partial charge in [-0.05, 0) is 37.8 Å². The molecule has 0 bridgehead atoms. The molecule has 1 aliphatic heterocycles. The molecule has 1 heterocycles. The fourth-order valence-electron chi connectivity index (χ4n) is 2.91. The van der Waals surface area contributed by atoms with E-state index in [0.717, 1.165) is 43.7 Å². The lowest BCUT2D eigenvalue weighted by Gasteiger charge is -2.32. The summed E-state index contributed by atoms with van der Waals surface area (Å²) in [6, 6.07) is 6.30. The number of rotatable bonds is 6. The number of likely N-dealkylation sites (tertiary alicyclic amines) is 1. The molecule has 2 amide bonds. The summed E-state index contributed by atoms with van der Waals surface area (Å²) in [5, 5.41) is 13.6. The van der Waals surface area contributed by atoms with Gasteiger partial charge in [0.2, 0.25) is 11.8 Å². The van der Waals surface area contributed by atoms with Crippen LogP contribution in [0.1, 0.15) is 25.7 Å². The largest absolute Gasteiger partial charge is 0.353 e. The second-order valence-corrected chi connectivity index (χ2v) is 7.53. The maximum absolute atomic E-state index is 12.1. The number of thioether (sulfide) groups is 1. The lowest BCUT2D eigenvalue weighted by Crippen LogP contribution is -2.47. The fourth-order valence-corrected chi connectivity index (χ4v) is 3.62. The Bertz CT molecular complexity index is 652. The van der Waals surface area contributed by atoms with Gasteiger partial charge in [-0.3, -0.25) is 19.7 Å². The fraction of sp³-hybridized carbons (Fsp3) is 0.529. The Labute approximate surface area is 150 Å². The summed E-state index contributed by atoms with van der Waals surface area (Å²) in [5.41, 5.74) is 0.0429. The van der Waals surface area contributed by atoms with E-state index in [4.69, 9.17) is 0 Å². The van der Waals surface area contributed by atoms with Crippen molar-refractivity contribution < 1.29 is 14.5 Å². The van der Waals surface area contributed by atoms with Crippen molar-refractivity contribution in [3.8, 4) is 0 Å². The van der Waals surface area contributed by atoms with Gasteiger partial charge in [0.1, 0.15) is 0 Å².